The van der Waals surface area contributed by atoms with Crippen LogP contribution in [-0.2, 0) is 0 Å². The summed E-state index contributed by atoms with van der Waals surface area (Å²) < 4.78 is 12.3. The Hall–Kier alpha value is -3.83. The minimum atomic E-state index is -0.155. The highest BCUT2D eigenvalue weighted by molar-refractivity contribution is 6.30. The molecule has 4 nitrogen and oxygen atoms in total. The molecule has 3 N–H and O–H groups in total. The fourth-order valence-electron chi connectivity index (χ4n) is 6.07. The van der Waals surface area contributed by atoms with Crippen molar-refractivity contribution in [3.63, 3.8) is 0 Å². The summed E-state index contributed by atoms with van der Waals surface area (Å²) in [4.78, 5) is 2.44. The lowest BCUT2D eigenvalue weighted by Gasteiger charge is -2.49. The summed E-state index contributed by atoms with van der Waals surface area (Å²) in [5.74, 6) is 0.694. The number of aryl methyl sites for hydroxylation is 3. The van der Waals surface area contributed by atoms with Crippen LogP contribution in [0, 0.1) is 43.3 Å². The normalized spacial score (nSPS) is 15.4. The number of likely N-dealkylation sites (tertiary alicyclic amines) is 1. The van der Waals surface area contributed by atoms with E-state index in [2.05, 4.69) is 48.4 Å². The van der Waals surface area contributed by atoms with Crippen molar-refractivity contribution in [1.82, 2.24) is 15.5 Å². The highest BCUT2D eigenvalue weighted by atomic mass is 35.5. The number of nitrogens with zero attached hydrogens (tertiary/aromatic N) is 1. The molecular formula is C42H60ClFN4. The molecule has 0 spiro atoms. The van der Waals surface area contributed by atoms with Crippen molar-refractivity contribution in [2.45, 2.75) is 72.6 Å². The van der Waals surface area contributed by atoms with Crippen LogP contribution in [0.2, 0.25) is 5.02 Å². The van der Waals surface area contributed by atoms with E-state index < -0.39 is 0 Å². The van der Waals surface area contributed by atoms with Crippen LogP contribution in [0.4, 0.5) is 4.39 Å². The first-order chi connectivity index (χ1) is 23.0. The smallest absolute Gasteiger partial charge is 0.123 e. The van der Waals surface area contributed by atoms with Crippen molar-refractivity contribution in [2.75, 3.05) is 26.2 Å². The summed E-state index contributed by atoms with van der Waals surface area (Å²) >= 11 is 5.61. The second kappa shape index (κ2) is 23.5. The fraction of sp³-hybridized carbons (Fsp3) is 0.405. The lowest BCUT2D eigenvalue weighted by atomic mass is 9.63. The monoisotopic (exact) mass is 674 g/mol. The summed E-state index contributed by atoms with van der Waals surface area (Å²) in [6, 6.07) is 12.5. The summed E-state index contributed by atoms with van der Waals surface area (Å²) in [6.07, 6.45) is 18.0. The van der Waals surface area contributed by atoms with Gasteiger partial charge in [0.05, 0.1) is 6.54 Å². The van der Waals surface area contributed by atoms with Crippen LogP contribution in [0.3, 0.4) is 0 Å². The van der Waals surface area contributed by atoms with Gasteiger partial charge in [-0.3, -0.25) is 0 Å². The van der Waals surface area contributed by atoms with Crippen LogP contribution in [-0.4, -0.2) is 37.3 Å². The Bertz CT molecular complexity index is 1310. The minimum absolute atomic E-state index is 0.155. The topological polar surface area (TPSA) is 51.1 Å². The van der Waals surface area contributed by atoms with Crippen molar-refractivity contribution in [2.24, 2.45) is 11.3 Å². The van der Waals surface area contributed by atoms with Gasteiger partial charge >= 0.3 is 0 Å². The molecule has 262 valence electrons. The molecule has 1 saturated carbocycles. The molecule has 0 aromatic heterocycles. The third-order valence-corrected chi connectivity index (χ3v) is 9.38. The predicted octanol–water partition coefficient (Wildman–Crippen LogP) is 11.0. The Labute approximate surface area is 296 Å². The van der Waals surface area contributed by atoms with Gasteiger partial charge in [-0.25, -0.2) is 4.39 Å². The molecule has 1 aliphatic heterocycles. The Balaban J connectivity index is 0.000000462. The molecule has 48 heavy (non-hydrogen) atoms. The van der Waals surface area contributed by atoms with Gasteiger partial charge in [-0.05, 0) is 118 Å². The molecule has 2 fully saturated rings. The zero-order valence-electron chi connectivity index (χ0n) is 30.0. The number of allylic oxidation sites excluding steroid dienone is 3. The molecular weight excluding hydrogens is 615 g/mol. The van der Waals surface area contributed by atoms with Gasteiger partial charge in [0, 0.05) is 36.1 Å². The first-order valence-electron chi connectivity index (χ1n) is 17.0. The molecule has 2 aromatic carbocycles. The van der Waals surface area contributed by atoms with Crippen molar-refractivity contribution in [3.05, 3.63) is 144 Å². The number of hydrogen-bond acceptors (Lipinski definition) is 4. The van der Waals surface area contributed by atoms with Gasteiger partial charge in [0.1, 0.15) is 5.82 Å². The fourth-order valence-corrected chi connectivity index (χ4v) is 6.19. The summed E-state index contributed by atoms with van der Waals surface area (Å²) in [5.41, 5.74) is 6.76. The quantitative estimate of drug-likeness (QED) is 0.164. The maximum atomic E-state index is 12.3. The van der Waals surface area contributed by atoms with Crippen LogP contribution >= 0.6 is 11.6 Å². The highest BCUT2D eigenvalue weighted by Crippen LogP contribution is 2.45. The summed E-state index contributed by atoms with van der Waals surface area (Å²) in [7, 11) is 0. The zero-order chi connectivity index (χ0) is 36.0. The Morgan fingerprint density at radius 3 is 2.06 bits per heavy atom. The number of piperidine rings is 1. The molecule has 0 radical (unpaired) electrons. The van der Waals surface area contributed by atoms with Crippen LogP contribution < -0.4 is 10.6 Å². The first kappa shape index (κ1) is 42.2. The number of nitrogens with one attached hydrogen (secondary N) is 3. The number of hydrogen-bond donors (Lipinski definition) is 3. The van der Waals surface area contributed by atoms with Crippen LogP contribution in [0.15, 0.2) is 117 Å². The molecule has 6 heteroatoms. The second-order valence-corrected chi connectivity index (χ2v) is 13.0. The standard InChI is InChI=1S/C25H39N3.C8H9F.C7H7Cl.C2H5N/c1-6-12-23(7-2)22(5)27-19-21(4)28-17-15-25(16-18-28,20-26-8-3)24-13-10-9-11-14-24;1-6-3-4-8(9)5-7(6)2;1-6-2-4-7(8)5-3-6;1-2-3/h6-8,12,24,26-27H,1-5,9-11,13-20H2;3-5H,1-2H3;2-5H,1H3;2-3H,1H3/b23-12+;;;. The molecule has 0 amide bonds. The van der Waals surface area contributed by atoms with Gasteiger partial charge in [0.15, 0.2) is 0 Å². The molecule has 2 aliphatic rings. The van der Waals surface area contributed by atoms with E-state index in [9.17, 15) is 4.39 Å². The van der Waals surface area contributed by atoms with Crippen LogP contribution in [0.5, 0.6) is 0 Å². The van der Waals surface area contributed by atoms with E-state index in [0.29, 0.717) is 12.0 Å². The van der Waals surface area contributed by atoms with E-state index in [4.69, 9.17) is 17.0 Å². The second-order valence-electron chi connectivity index (χ2n) is 12.5. The zero-order valence-corrected chi connectivity index (χ0v) is 30.8. The van der Waals surface area contributed by atoms with Crippen molar-refractivity contribution >= 4 is 17.8 Å². The van der Waals surface area contributed by atoms with E-state index in [0.717, 1.165) is 58.7 Å². The van der Waals surface area contributed by atoms with Gasteiger partial charge in [0.2, 0.25) is 0 Å². The van der Waals surface area contributed by atoms with Crippen LogP contribution in [0.25, 0.3) is 0 Å². The maximum absolute atomic E-state index is 12.3. The van der Waals surface area contributed by atoms with E-state index in [1.165, 1.54) is 68.9 Å². The Morgan fingerprint density at radius 2 is 1.58 bits per heavy atom. The molecule has 2 aromatic rings. The summed E-state index contributed by atoms with van der Waals surface area (Å²) in [6.45, 7) is 31.4. The van der Waals surface area contributed by atoms with Gasteiger partial charge in [0.25, 0.3) is 0 Å². The lowest BCUT2D eigenvalue weighted by Crippen LogP contribution is -2.49. The molecule has 0 bridgehead atoms. The average molecular weight is 675 g/mol. The third-order valence-electron chi connectivity index (χ3n) is 9.13. The molecule has 1 aliphatic carbocycles. The third kappa shape index (κ3) is 15.4. The Morgan fingerprint density at radius 1 is 0.979 bits per heavy atom. The van der Waals surface area contributed by atoms with Gasteiger partial charge in [-0.1, -0.05) is 106 Å². The van der Waals surface area contributed by atoms with Crippen molar-refractivity contribution < 1.29 is 4.39 Å². The van der Waals surface area contributed by atoms with E-state index in [1.807, 2.05) is 57.3 Å². The predicted molar refractivity (Wildman–Crippen MR) is 209 cm³/mol. The van der Waals surface area contributed by atoms with E-state index >= 15 is 0 Å². The highest BCUT2D eigenvalue weighted by Gasteiger charge is 2.41. The first-order valence-corrected chi connectivity index (χ1v) is 17.4. The maximum Gasteiger partial charge on any atom is 0.123 e. The Kier molecular flexibility index (Phi) is 20.6. The van der Waals surface area contributed by atoms with Crippen molar-refractivity contribution in [3.8, 4) is 0 Å². The van der Waals surface area contributed by atoms with Gasteiger partial charge in [-0.2, -0.15) is 0 Å². The van der Waals surface area contributed by atoms with Crippen molar-refractivity contribution in [1.29, 1.82) is 5.41 Å². The molecule has 4 rings (SSSR count). The average Bonchev–Trinajstić information content (AvgIpc) is 3.09. The molecule has 1 saturated heterocycles. The van der Waals surface area contributed by atoms with Gasteiger partial charge < -0.3 is 20.9 Å². The molecule has 0 unspecified atom stereocenters. The van der Waals surface area contributed by atoms with E-state index in [-0.39, 0.29) is 5.82 Å². The summed E-state index contributed by atoms with van der Waals surface area (Å²) in [5, 5.41) is 13.7. The number of halogens is 2. The minimum Gasteiger partial charge on any atom is -0.391 e. The molecule has 1 heterocycles. The largest absolute Gasteiger partial charge is 0.391 e. The molecule has 0 atom stereocenters. The lowest BCUT2D eigenvalue weighted by molar-refractivity contribution is 0.0426. The number of benzene rings is 2. The SMILES string of the molecule is C=C/C=C(\C=C)C(=C)NCC(=C)N1CCC(CNC=C)(C2CCCCC2)CC1.CC=N.Cc1ccc(Cl)cc1.Cc1ccc(F)cc1C. The number of rotatable bonds is 11. The van der Waals surface area contributed by atoms with Crippen LogP contribution in [0.1, 0.15) is 68.6 Å². The van der Waals surface area contributed by atoms with E-state index in [1.54, 1.807) is 25.1 Å². The van der Waals surface area contributed by atoms with Gasteiger partial charge in [-0.15, -0.1) is 0 Å².